The SMILES string of the molecule is Cn1c(=O)c2ccc(C(=O)NCC3=CCNCC3)nc2n(C)c1=O. The van der Waals surface area contributed by atoms with Gasteiger partial charge in [0, 0.05) is 27.2 Å². The Morgan fingerprint density at radius 3 is 2.79 bits per heavy atom. The van der Waals surface area contributed by atoms with Crippen LogP contribution in [-0.4, -0.2) is 39.7 Å². The summed E-state index contributed by atoms with van der Waals surface area (Å²) in [6.45, 7) is 2.18. The van der Waals surface area contributed by atoms with E-state index < -0.39 is 11.2 Å². The fourth-order valence-corrected chi connectivity index (χ4v) is 2.70. The maximum atomic E-state index is 12.3. The summed E-state index contributed by atoms with van der Waals surface area (Å²) in [6.07, 6.45) is 2.96. The molecule has 2 aromatic heterocycles. The smallest absolute Gasteiger partial charge is 0.332 e. The molecule has 0 fully saturated rings. The van der Waals surface area contributed by atoms with Crippen molar-refractivity contribution in [3.05, 3.63) is 50.3 Å². The zero-order valence-electron chi connectivity index (χ0n) is 13.6. The lowest BCUT2D eigenvalue weighted by atomic mass is 10.1. The maximum absolute atomic E-state index is 12.3. The third kappa shape index (κ3) is 2.88. The van der Waals surface area contributed by atoms with Crippen LogP contribution in [0.3, 0.4) is 0 Å². The number of nitrogens with zero attached hydrogens (tertiary/aromatic N) is 3. The van der Waals surface area contributed by atoms with Crippen LogP contribution in [-0.2, 0) is 14.1 Å². The van der Waals surface area contributed by atoms with Crippen LogP contribution < -0.4 is 21.9 Å². The van der Waals surface area contributed by atoms with E-state index in [9.17, 15) is 14.4 Å². The lowest BCUT2D eigenvalue weighted by Crippen LogP contribution is -2.37. The highest BCUT2D eigenvalue weighted by atomic mass is 16.2. The van der Waals surface area contributed by atoms with Crippen LogP contribution in [0.25, 0.3) is 11.0 Å². The average molecular weight is 329 g/mol. The first-order chi connectivity index (χ1) is 11.5. The topological polar surface area (TPSA) is 98.0 Å². The predicted octanol–water partition coefficient (Wildman–Crippen LogP) is -0.718. The van der Waals surface area contributed by atoms with Gasteiger partial charge < -0.3 is 10.6 Å². The number of hydrogen-bond donors (Lipinski definition) is 2. The molecule has 1 amide bonds. The molecule has 1 aliphatic rings. The number of amides is 1. The van der Waals surface area contributed by atoms with E-state index in [2.05, 4.69) is 21.7 Å². The van der Waals surface area contributed by atoms with Gasteiger partial charge in [-0.25, -0.2) is 9.78 Å². The fraction of sp³-hybridized carbons (Fsp3) is 0.375. The Balaban J connectivity index is 1.90. The highest BCUT2D eigenvalue weighted by Gasteiger charge is 2.14. The number of rotatable bonds is 3. The van der Waals surface area contributed by atoms with E-state index in [1.807, 2.05) is 0 Å². The molecule has 0 aromatic carbocycles. The molecule has 8 nitrogen and oxygen atoms in total. The average Bonchev–Trinajstić information content (AvgIpc) is 2.63. The standard InChI is InChI=1S/C16H19N5O3/c1-20-13-11(15(23)21(2)16(20)24)3-4-12(19-13)14(22)18-9-10-5-7-17-8-6-10/h3-5,17H,6-9H2,1-2H3,(H,18,22). The zero-order valence-corrected chi connectivity index (χ0v) is 13.6. The molecule has 126 valence electrons. The van der Waals surface area contributed by atoms with Crippen LogP contribution in [0, 0.1) is 0 Å². The lowest BCUT2D eigenvalue weighted by molar-refractivity contribution is 0.0952. The number of fused-ring (bicyclic) bond motifs is 1. The van der Waals surface area contributed by atoms with E-state index in [-0.39, 0.29) is 17.2 Å². The lowest BCUT2D eigenvalue weighted by Gasteiger charge is -2.14. The maximum Gasteiger partial charge on any atom is 0.332 e. The summed E-state index contributed by atoms with van der Waals surface area (Å²) in [7, 11) is 2.94. The van der Waals surface area contributed by atoms with Gasteiger partial charge in [-0.15, -0.1) is 0 Å². The van der Waals surface area contributed by atoms with Crippen LogP contribution >= 0.6 is 0 Å². The van der Waals surface area contributed by atoms with Gasteiger partial charge in [-0.05, 0) is 25.1 Å². The summed E-state index contributed by atoms with van der Waals surface area (Å²) in [6, 6.07) is 3.03. The molecule has 0 saturated heterocycles. The highest BCUT2D eigenvalue weighted by molar-refractivity contribution is 5.94. The quantitative estimate of drug-likeness (QED) is 0.725. The predicted molar refractivity (Wildman–Crippen MR) is 90.1 cm³/mol. The molecule has 0 bridgehead atoms. The number of aromatic nitrogens is 3. The van der Waals surface area contributed by atoms with Gasteiger partial charge in [0.15, 0.2) is 0 Å². The molecule has 0 radical (unpaired) electrons. The molecule has 2 N–H and O–H groups in total. The highest BCUT2D eigenvalue weighted by Crippen LogP contribution is 2.07. The van der Waals surface area contributed by atoms with Crippen LogP contribution in [0.2, 0.25) is 0 Å². The van der Waals surface area contributed by atoms with Crippen LogP contribution in [0.5, 0.6) is 0 Å². The number of nitrogens with one attached hydrogen (secondary N) is 2. The van der Waals surface area contributed by atoms with Crippen LogP contribution in [0.4, 0.5) is 0 Å². The Hall–Kier alpha value is -2.74. The number of pyridine rings is 1. The van der Waals surface area contributed by atoms with Gasteiger partial charge in [0.25, 0.3) is 11.5 Å². The first-order valence-electron chi connectivity index (χ1n) is 7.72. The van der Waals surface area contributed by atoms with E-state index in [1.165, 1.54) is 36.4 Å². The minimum atomic E-state index is -0.475. The van der Waals surface area contributed by atoms with E-state index in [4.69, 9.17) is 0 Å². The van der Waals surface area contributed by atoms with Gasteiger partial charge in [-0.3, -0.25) is 18.7 Å². The van der Waals surface area contributed by atoms with Gasteiger partial charge in [0.1, 0.15) is 11.3 Å². The number of carbonyl (C=O) groups is 1. The molecule has 3 rings (SSSR count). The normalized spacial score (nSPS) is 14.5. The molecule has 0 atom stereocenters. The second-order valence-corrected chi connectivity index (χ2v) is 5.77. The summed E-state index contributed by atoms with van der Waals surface area (Å²) in [4.78, 5) is 40.6. The number of carbonyl (C=O) groups excluding carboxylic acids is 1. The summed E-state index contributed by atoms with van der Waals surface area (Å²) >= 11 is 0. The zero-order chi connectivity index (χ0) is 17.3. The molecule has 3 heterocycles. The summed E-state index contributed by atoms with van der Waals surface area (Å²) < 4.78 is 2.29. The second kappa shape index (κ2) is 6.40. The van der Waals surface area contributed by atoms with Crippen molar-refractivity contribution in [1.82, 2.24) is 24.8 Å². The Bertz CT molecular complexity index is 955. The fourth-order valence-electron chi connectivity index (χ4n) is 2.70. The van der Waals surface area contributed by atoms with Crippen molar-refractivity contribution in [2.75, 3.05) is 19.6 Å². The molecule has 0 saturated carbocycles. The first kappa shape index (κ1) is 16.1. The van der Waals surface area contributed by atoms with Gasteiger partial charge in [0.2, 0.25) is 0 Å². The second-order valence-electron chi connectivity index (χ2n) is 5.77. The van der Waals surface area contributed by atoms with Crippen molar-refractivity contribution in [2.45, 2.75) is 6.42 Å². The van der Waals surface area contributed by atoms with Crippen molar-refractivity contribution >= 4 is 16.9 Å². The number of aryl methyl sites for hydroxylation is 1. The molecule has 0 spiro atoms. The van der Waals surface area contributed by atoms with Crippen molar-refractivity contribution < 1.29 is 4.79 Å². The molecular formula is C16H19N5O3. The van der Waals surface area contributed by atoms with Crippen LogP contribution in [0.1, 0.15) is 16.9 Å². The third-order valence-electron chi connectivity index (χ3n) is 4.17. The molecule has 1 aliphatic heterocycles. The van der Waals surface area contributed by atoms with Crippen molar-refractivity contribution in [1.29, 1.82) is 0 Å². The Labute approximate surface area is 137 Å². The molecule has 24 heavy (non-hydrogen) atoms. The van der Waals surface area contributed by atoms with Crippen LogP contribution in [0.15, 0.2) is 33.4 Å². The minimum absolute atomic E-state index is 0.181. The van der Waals surface area contributed by atoms with E-state index in [0.717, 1.165) is 24.1 Å². The first-order valence-corrected chi connectivity index (χ1v) is 7.72. The molecule has 8 heteroatoms. The van der Waals surface area contributed by atoms with Crippen molar-refractivity contribution in [3.63, 3.8) is 0 Å². The van der Waals surface area contributed by atoms with E-state index >= 15 is 0 Å². The monoisotopic (exact) mass is 329 g/mol. The largest absolute Gasteiger partial charge is 0.347 e. The number of hydrogen-bond acceptors (Lipinski definition) is 5. The van der Waals surface area contributed by atoms with Crippen molar-refractivity contribution in [3.8, 4) is 0 Å². The Morgan fingerprint density at radius 2 is 2.08 bits per heavy atom. The summed E-state index contributed by atoms with van der Waals surface area (Å²) in [5, 5.41) is 6.34. The van der Waals surface area contributed by atoms with Crippen molar-refractivity contribution in [2.24, 2.45) is 14.1 Å². The van der Waals surface area contributed by atoms with Gasteiger partial charge in [-0.1, -0.05) is 11.6 Å². The van der Waals surface area contributed by atoms with Gasteiger partial charge in [0.05, 0.1) is 5.39 Å². The third-order valence-corrected chi connectivity index (χ3v) is 4.17. The van der Waals surface area contributed by atoms with Gasteiger partial charge >= 0.3 is 5.69 Å². The summed E-state index contributed by atoms with van der Waals surface area (Å²) in [5.74, 6) is -0.329. The van der Waals surface area contributed by atoms with Gasteiger partial charge in [-0.2, -0.15) is 0 Å². The Morgan fingerprint density at radius 1 is 1.29 bits per heavy atom. The van der Waals surface area contributed by atoms with E-state index in [1.54, 1.807) is 0 Å². The molecule has 0 aliphatic carbocycles. The molecule has 2 aromatic rings. The molecular weight excluding hydrogens is 310 g/mol. The molecule has 0 unspecified atom stereocenters. The minimum Gasteiger partial charge on any atom is -0.347 e. The summed E-state index contributed by atoms with van der Waals surface area (Å²) in [5.41, 5.74) is 0.658. The van der Waals surface area contributed by atoms with E-state index in [0.29, 0.717) is 11.9 Å². The Kier molecular flexibility index (Phi) is 4.30.